The van der Waals surface area contributed by atoms with Gasteiger partial charge < -0.3 is 24.1 Å². The molecule has 4 aliphatic carbocycles. The number of ether oxygens (including phenoxy) is 4. The normalized spacial score (nSPS) is 15.5. The van der Waals surface area contributed by atoms with Gasteiger partial charge in [-0.2, -0.15) is 0 Å². The first-order valence-corrected chi connectivity index (χ1v) is 30.8. The zero-order chi connectivity index (χ0) is 64.9. The van der Waals surface area contributed by atoms with Gasteiger partial charge in [-0.3, -0.25) is 33.6 Å². The first-order chi connectivity index (χ1) is 45.5. The summed E-state index contributed by atoms with van der Waals surface area (Å²) in [6.07, 6.45) is 0.825. The lowest BCUT2D eigenvalue weighted by atomic mass is 9.76. The van der Waals surface area contributed by atoms with Gasteiger partial charge in [0, 0.05) is 22.3 Å². The van der Waals surface area contributed by atoms with Gasteiger partial charge in [-0.1, -0.05) is 121 Å². The minimum Gasteiger partial charge on any atom is -0.459 e. The fourth-order valence-electron chi connectivity index (χ4n) is 12.6. The first-order valence-electron chi connectivity index (χ1n) is 29.2. The van der Waals surface area contributed by atoms with Crippen molar-refractivity contribution >= 4 is 97.6 Å². The number of fused-ring (bicyclic) bond motifs is 10. The molecule has 0 aliphatic heterocycles. The second kappa shape index (κ2) is 22.9. The van der Waals surface area contributed by atoms with Gasteiger partial charge in [-0.15, -0.1) is 22.7 Å². The Morgan fingerprint density at radius 3 is 1.12 bits per heavy atom. The summed E-state index contributed by atoms with van der Waals surface area (Å²) in [7, 11) is 0. The van der Waals surface area contributed by atoms with Crippen LogP contribution in [0, 0.1) is 23.3 Å². The molecule has 0 saturated carbocycles. The van der Waals surface area contributed by atoms with Crippen LogP contribution in [0.25, 0.3) is 54.6 Å². The van der Waals surface area contributed by atoms with Crippen LogP contribution in [-0.2, 0) is 75.4 Å². The third-order valence-electron chi connectivity index (χ3n) is 17.2. The fraction of sp³-hybridized carbons (Fsp3) is 0.0946. The van der Waals surface area contributed by atoms with E-state index in [1.54, 1.807) is 121 Å². The van der Waals surface area contributed by atoms with Crippen LogP contribution in [0.5, 0.6) is 0 Å². The first kappa shape index (κ1) is 59.1. The Morgan fingerprint density at radius 1 is 0.426 bits per heavy atom. The number of Topliss-reactive ketones (excluding diaryl/α,β-unsaturated/α-hetero) is 3. The highest BCUT2D eigenvalue weighted by atomic mass is 32.1. The van der Waals surface area contributed by atoms with E-state index < -0.39 is 87.0 Å². The number of aromatic nitrogens is 2. The van der Waals surface area contributed by atoms with Gasteiger partial charge in [-0.25, -0.2) is 27.5 Å². The standard InChI is InChI=1S/C74H42F4N2O12S2/c75-55-25-41-21-45-46(22-42(41)26-56(55)76)62(82)51(61(45)81)31-59-79-67-65(93-59)49-30-54-50(29-53(49)73(67,69(85)89-33-37-13-5-1-6-14-37)70(86)90-34-38-15-7-2-8-16-38)66-68(74(54,71(87)91-35-39-17-9-3-10-18-39)72(88)92-36-40-19-11-4-12-20-40)80-60(94-66)32-52-63(83)47-23-43-27-57(77)58(78)28-44(43)24-48(47)64(52)84/h1-32,61,81H,33-36H2/b51-31+. The van der Waals surface area contributed by atoms with Gasteiger partial charge in [0.25, 0.3) is 0 Å². The number of allylic oxidation sites excluding steroid dienone is 1. The number of thiazole rings is 2. The molecule has 4 aliphatic rings. The highest BCUT2D eigenvalue weighted by Crippen LogP contribution is 2.60. The number of rotatable bonds is 14. The molecular weight excluding hydrogens is 1250 g/mol. The fourth-order valence-corrected chi connectivity index (χ4v) is 14.8. The highest BCUT2D eigenvalue weighted by molar-refractivity contribution is 7.17. The number of esters is 4. The van der Waals surface area contributed by atoms with Crippen LogP contribution in [0.3, 0.4) is 0 Å². The number of carbonyl (C=O) groups is 7. The summed E-state index contributed by atoms with van der Waals surface area (Å²) in [5.41, 5.74) is -4.71. The lowest BCUT2D eigenvalue weighted by Gasteiger charge is -2.28. The van der Waals surface area contributed by atoms with Crippen molar-refractivity contribution in [1.82, 2.24) is 9.97 Å². The van der Waals surface area contributed by atoms with E-state index in [1.165, 1.54) is 48.6 Å². The average Bonchev–Trinajstić information content (AvgIpc) is 1.51. The number of nitrogens with zero attached hydrogens (tertiary/aromatic N) is 2. The lowest BCUT2D eigenvalue weighted by Crippen LogP contribution is -2.47. The molecule has 0 spiro atoms. The van der Waals surface area contributed by atoms with Crippen molar-refractivity contribution in [3.63, 3.8) is 0 Å². The second-order valence-electron chi connectivity index (χ2n) is 22.8. The molecule has 0 bridgehead atoms. The maximum atomic E-state index is 15.9. The van der Waals surface area contributed by atoms with Crippen LogP contribution < -0.4 is 0 Å². The number of ketones is 3. The Bertz CT molecular complexity index is 5030. The molecule has 1 N–H and O–H groups in total. The third-order valence-corrected chi connectivity index (χ3v) is 19.3. The molecular formula is C74H42F4N2O12S2. The average molecular weight is 1290 g/mol. The van der Waals surface area contributed by atoms with Crippen molar-refractivity contribution in [3.8, 4) is 20.9 Å². The Labute approximate surface area is 537 Å². The van der Waals surface area contributed by atoms with Gasteiger partial charge in [0.05, 0.1) is 26.7 Å². The zero-order valence-electron chi connectivity index (χ0n) is 48.5. The van der Waals surface area contributed by atoms with Crippen molar-refractivity contribution in [1.29, 1.82) is 0 Å². The number of benzene rings is 9. The van der Waals surface area contributed by atoms with Gasteiger partial charge in [-0.05, 0) is 144 Å². The summed E-state index contributed by atoms with van der Waals surface area (Å²) in [4.78, 5) is 117. The molecule has 0 saturated heterocycles. The summed E-state index contributed by atoms with van der Waals surface area (Å²) in [6, 6.07) is 46.2. The van der Waals surface area contributed by atoms with Crippen molar-refractivity contribution in [3.05, 3.63) is 293 Å². The van der Waals surface area contributed by atoms with Crippen molar-refractivity contribution in [2.24, 2.45) is 0 Å². The van der Waals surface area contributed by atoms with Crippen LogP contribution in [0.1, 0.15) is 97.5 Å². The molecule has 1 atom stereocenters. The predicted molar refractivity (Wildman–Crippen MR) is 337 cm³/mol. The van der Waals surface area contributed by atoms with E-state index in [0.29, 0.717) is 22.3 Å². The van der Waals surface area contributed by atoms with E-state index in [-0.39, 0.29) is 129 Å². The molecule has 11 aromatic rings. The van der Waals surface area contributed by atoms with Crippen molar-refractivity contribution in [2.45, 2.75) is 43.4 Å². The molecule has 0 amide bonds. The Balaban J connectivity index is 0.951. The van der Waals surface area contributed by atoms with Crippen molar-refractivity contribution < 1.29 is 75.2 Å². The van der Waals surface area contributed by atoms with Crippen LogP contribution in [0.2, 0.25) is 0 Å². The summed E-state index contributed by atoms with van der Waals surface area (Å²) < 4.78 is 82.8. The van der Waals surface area contributed by atoms with Crippen LogP contribution in [-0.4, -0.2) is 56.3 Å². The molecule has 2 aromatic heterocycles. The lowest BCUT2D eigenvalue weighted by molar-refractivity contribution is -0.166. The molecule has 1 unspecified atom stereocenters. The van der Waals surface area contributed by atoms with Gasteiger partial charge >= 0.3 is 23.9 Å². The SMILES string of the molecule is O=C1C(=Cc2nc3c(s2)-c2cc4c(cc2C3(C(=O)OCc2ccccc2)C(=O)OCc2ccccc2)-c2sc(/C=C3/C(=O)c5cc6cc(F)c(F)cc6cc5C3O)nc2C4(C(=O)OCc2ccccc2)C(=O)OCc2ccccc2)C(=O)c2cc3cc(F)c(F)cc3cc21. The quantitative estimate of drug-likeness (QED) is 0.0269. The number of aliphatic hydroxyl groups is 1. The van der Waals surface area contributed by atoms with Gasteiger partial charge in [0.15, 0.2) is 40.6 Å². The topological polar surface area (TPSA) is 202 Å². The molecule has 0 radical (unpaired) electrons. The summed E-state index contributed by atoms with van der Waals surface area (Å²) >= 11 is 1.70. The monoisotopic (exact) mass is 1290 g/mol. The van der Waals surface area contributed by atoms with Crippen LogP contribution in [0.4, 0.5) is 17.6 Å². The number of aliphatic hydroxyl groups excluding tert-OH is 1. The summed E-state index contributed by atoms with van der Waals surface area (Å²) in [6.45, 7) is -1.52. The maximum absolute atomic E-state index is 15.9. The van der Waals surface area contributed by atoms with Crippen LogP contribution >= 0.6 is 22.7 Å². The Morgan fingerprint density at radius 2 is 0.755 bits per heavy atom. The molecule has 20 heteroatoms. The Kier molecular flexibility index (Phi) is 14.4. The zero-order valence-corrected chi connectivity index (χ0v) is 50.2. The number of hydrogen-bond acceptors (Lipinski definition) is 16. The number of halogens is 4. The summed E-state index contributed by atoms with van der Waals surface area (Å²) in [5.74, 6) is -11.6. The maximum Gasteiger partial charge on any atom is 0.334 e. The predicted octanol–water partition coefficient (Wildman–Crippen LogP) is 13.7. The molecule has 460 valence electrons. The van der Waals surface area contributed by atoms with Gasteiger partial charge in [0.2, 0.25) is 10.8 Å². The molecule has 94 heavy (non-hydrogen) atoms. The largest absolute Gasteiger partial charge is 0.459 e. The highest BCUT2D eigenvalue weighted by Gasteiger charge is 2.65. The van der Waals surface area contributed by atoms with Crippen molar-refractivity contribution in [2.75, 3.05) is 0 Å². The molecule has 14 nitrogen and oxygen atoms in total. The van der Waals surface area contributed by atoms with Gasteiger partial charge in [0.1, 0.15) is 42.5 Å². The van der Waals surface area contributed by atoms with E-state index in [0.717, 1.165) is 46.9 Å². The van der Waals surface area contributed by atoms with E-state index in [4.69, 9.17) is 28.9 Å². The number of carbonyl (C=O) groups excluding carboxylic acids is 7. The third kappa shape index (κ3) is 9.50. The summed E-state index contributed by atoms with van der Waals surface area (Å²) in [5, 5.41) is 12.5. The smallest absolute Gasteiger partial charge is 0.334 e. The Hall–Kier alpha value is -11.2. The molecule has 9 aromatic carbocycles. The molecule has 15 rings (SSSR count). The van der Waals surface area contributed by atoms with E-state index in [9.17, 15) is 37.1 Å². The number of hydrogen-bond donors (Lipinski definition) is 1. The minimum atomic E-state index is -2.70. The molecule has 0 fully saturated rings. The van der Waals surface area contributed by atoms with E-state index in [2.05, 4.69) is 0 Å². The van der Waals surface area contributed by atoms with E-state index in [1.807, 2.05) is 0 Å². The minimum absolute atomic E-state index is 0.00324. The molecule has 2 heterocycles. The second-order valence-corrected chi connectivity index (χ2v) is 24.8. The van der Waals surface area contributed by atoms with Crippen LogP contribution in [0.15, 0.2) is 193 Å². The van der Waals surface area contributed by atoms with E-state index >= 15 is 19.2 Å².